The maximum Gasteiger partial charge on any atom is 0.252 e. The molecule has 3 aromatic rings. The summed E-state index contributed by atoms with van der Waals surface area (Å²) in [5.41, 5.74) is 3.55. The molecule has 0 bridgehead atoms. The van der Waals surface area contributed by atoms with Crippen LogP contribution in [0, 0.1) is 6.92 Å². The summed E-state index contributed by atoms with van der Waals surface area (Å²) in [6, 6.07) is 13.5. The fourth-order valence-corrected chi connectivity index (χ4v) is 4.53. The Morgan fingerprint density at radius 1 is 1.29 bits per heavy atom. The topological polar surface area (TPSA) is 73.6 Å². The van der Waals surface area contributed by atoms with E-state index in [9.17, 15) is 4.79 Å². The number of aryl methyl sites for hydroxylation is 1. The van der Waals surface area contributed by atoms with E-state index in [1.807, 2.05) is 56.3 Å². The zero-order chi connectivity index (χ0) is 21.8. The molecule has 1 unspecified atom stereocenters. The van der Waals surface area contributed by atoms with E-state index in [4.69, 9.17) is 14.0 Å². The van der Waals surface area contributed by atoms with Gasteiger partial charge < -0.3 is 19.3 Å². The largest absolute Gasteiger partial charge is 0.494 e. The number of rotatable bonds is 8. The van der Waals surface area contributed by atoms with Crippen LogP contribution in [0.3, 0.4) is 0 Å². The Morgan fingerprint density at radius 2 is 2.13 bits per heavy atom. The summed E-state index contributed by atoms with van der Waals surface area (Å²) in [4.78, 5) is 13.9. The summed E-state index contributed by atoms with van der Waals surface area (Å²) in [5.74, 6) is 2.95. The fourth-order valence-electron chi connectivity index (χ4n) is 3.60. The van der Waals surface area contributed by atoms with Crippen LogP contribution in [0.25, 0.3) is 0 Å². The smallest absolute Gasteiger partial charge is 0.252 e. The molecule has 1 aliphatic rings. The first-order valence-corrected chi connectivity index (χ1v) is 11.4. The summed E-state index contributed by atoms with van der Waals surface area (Å²) in [6.07, 6.45) is 1.03. The highest BCUT2D eigenvalue weighted by Gasteiger charge is 2.22. The molecule has 1 N–H and O–H groups in total. The molecule has 1 atom stereocenters. The number of fused-ring (bicyclic) bond motifs is 1. The van der Waals surface area contributed by atoms with E-state index in [0.29, 0.717) is 24.5 Å². The monoisotopic (exact) mass is 438 g/mol. The lowest BCUT2D eigenvalue weighted by Crippen LogP contribution is -2.23. The van der Waals surface area contributed by atoms with Gasteiger partial charge in [0.15, 0.2) is 0 Å². The normalized spacial score (nSPS) is 14.7. The van der Waals surface area contributed by atoms with Crippen molar-refractivity contribution < 1.29 is 18.8 Å². The zero-order valence-electron chi connectivity index (χ0n) is 17.9. The molecule has 2 aromatic carbocycles. The second-order valence-electron chi connectivity index (χ2n) is 7.53. The van der Waals surface area contributed by atoms with Crippen LogP contribution in [0.2, 0.25) is 0 Å². The summed E-state index contributed by atoms with van der Waals surface area (Å²) in [7, 11) is 0. The molecule has 0 aliphatic carbocycles. The predicted octanol–water partition coefficient (Wildman–Crippen LogP) is 4.93. The molecule has 0 saturated carbocycles. The van der Waals surface area contributed by atoms with Crippen LogP contribution in [0.4, 0.5) is 0 Å². The number of carbonyl (C=O) groups is 1. The number of thioether (sulfide) groups is 1. The minimum Gasteiger partial charge on any atom is -0.494 e. The summed E-state index contributed by atoms with van der Waals surface area (Å²) in [5, 5.41) is 7.06. The third-order valence-corrected chi connectivity index (χ3v) is 6.11. The average Bonchev–Trinajstić information content (AvgIpc) is 3.34. The third-order valence-electron chi connectivity index (χ3n) is 5.00. The van der Waals surface area contributed by atoms with Crippen molar-refractivity contribution in [2.75, 3.05) is 6.61 Å². The summed E-state index contributed by atoms with van der Waals surface area (Å²) in [6.45, 7) is 6.80. The van der Waals surface area contributed by atoms with Gasteiger partial charge in [0, 0.05) is 40.8 Å². The molecule has 0 fully saturated rings. The number of nitrogens with one attached hydrogen (secondary N) is 1. The van der Waals surface area contributed by atoms with Gasteiger partial charge in [-0.15, -0.1) is 11.8 Å². The van der Waals surface area contributed by atoms with Gasteiger partial charge in [-0.2, -0.15) is 0 Å². The Kier molecular flexibility index (Phi) is 6.51. The van der Waals surface area contributed by atoms with Gasteiger partial charge in [0.05, 0.1) is 17.9 Å². The fraction of sp³-hybridized carbons (Fsp3) is 0.333. The Hall–Kier alpha value is -2.93. The van der Waals surface area contributed by atoms with E-state index < -0.39 is 0 Å². The summed E-state index contributed by atoms with van der Waals surface area (Å²) < 4.78 is 16.8. The van der Waals surface area contributed by atoms with Gasteiger partial charge in [-0.3, -0.25) is 4.79 Å². The number of carbonyl (C=O) groups excluding carboxylic acids is 1. The lowest BCUT2D eigenvalue weighted by Gasteiger charge is -2.14. The molecule has 0 saturated heterocycles. The second kappa shape index (κ2) is 9.47. The number of aromatic nitrogens is 1. The van der Waals surface area contributed by atoms with E-state index in [1.165, 1.54) is 0 Å². The number of hydrogen-bond acceptors (Lipinski definition) is 6. The van der Waals surface area contributed by atoms with Crippen LogP contribution in [0.5, 0.6) is 11.5 Å². The van der Waals surface area contributed by atoms with Gasteiger partial charge in [0.2, 0.25) is 0 Å². The Morgan fingerprint density at radius 3 is 2.90 bits per heavy atom. The van der Waals surface area contributed by atoms with E-state index in [1.54, 1.807) is 11.8 Å². The molecule has 162 valence electrons. The molecule has 2 heterocycles. The first-order chi connectivity index (χ1) is 15.0. The molecule has 1 amide bonds. The molecule has 31 heavy (non-hydrogen) atoms. The predicted molar refractivity (Wildman–Crippen MR) is 120 cm³/mol. The molecule has 0 radical (unpaired) electrons. The Balaban J connectivity index is 1.46. The van der Waals surface area contributed by atoms with Gasteiger partial charge in [0.1, 0.15) is 23.4 Å². The quantitative estimate of drug-likeness (QED) is 0.503. The lowest BCUT2D eigenvalue weighted by atomic mass is 10.1. The standard InChI is InChI=1S/C24H26N2O4S/c1-4-28-21-11-17-9-15(2)29-22(17)12-18(21)13-25-24(27)20-7-5-6-8-23(20)31-14-19-10-16(3)30-26-19/h5-8,10-12,15H,4,9,13-14H2,1-3H3,(H,25,27). The first kappa shape index (κ1) is 21.3. The van der Waals surface area contributed by atoms with Gasteiger partial charge in [0.25, 0.3) is 5.91 Å². The third kappa shape index (κ3) is 5.05. The van der Waals surface area contributed by atoms with Gasteiger partial charge in [-0.05, 0) is 45.0 Å². The molecule has 7 heteroatoms. The van der Waals surface area contributed by atoms with Crippen molar-refractivity contribution in [3.05, 3.63) is 70.6 Å². The van der Waals surface area contributed by atoms with Crippen molar-refractivity contribution in [2.24, 2.45) is 0 Å². The van der Waals surface area contributed by atoms with Crippen LogP contribution < -0.4 is 14.8 Å². The maximum atomic E-state index is 13.0. The van der Waals surface area contributed by atoms with Crippen LogP contribution in [0.1, 0.15) is 46.8 Å². The van der Waals surface area contributed by atoms with Gasteiger partial charge in [-0.25, -0.2) is 0 Å². The van der Waals surface area contributed by atoms with E-state index in [0.717, 1.165) is 45.4 Å². The highest BCUT2D eigenvalue weighted by atomic mass is 32.2. The van der Waals surface area contributed by atoms with Gasteiger partial charge >= 0.3 is 0 Å². The van der Waals surface area contributed by atoms with E-state index >= 15 is 0 Å². The minimum atomic E-state index is -0.128. The average molecular weight is 439 g/mol. The van der Waals surface area contributed by atoms with E-state index in [-0.39, 0.29) is 12.0 Å². The van der Waals surface area contributed by atoms with E-state index in [2.05, 4.69) is 17.4 Å². The Bertz CT molecular complexity index is 1080. The second-order valence-corrected chi connectivity index (χ2v) is 8.55. The number of benzene rings is 2. The molecule has 1 aromatic heterocycles. The van der Waals surface area contributed by atoms with Crippen LogP contribution in [-0.4, -0.2) is 23.8 Å². The van der Waals surface area contributed by atoms with Crippen LogP contribution in [-0.2, 0) is 18.7 Å². The highest BCUT2D eigenvalue weighted by Crippen LogP contribution is 2.35. The Labute approximate surface area is 186 Å². The molecular formula is C24H26N2O4S. The number of amides is 1. The molecule has 1 aliphatic heterocycles. The molecular weight excluding hydrogens is 412 g/mol. The molecule has 0 spiro atoms. The van der Waals surface area contributed by atoms with Crippen molar-refractivity contribution >= 4 is 17.7 Å². The lowest BCUT2D eigenvalue weighted by molar-refractivity contribution is 0.0947. The first-order valence-electron chi connectivity index (χ1n) is 10.4. The van der Waals surface area contributed by atoms with Gasteiger partial charge in [-0.1, -0.05) is 17.3 Å². The highest BCUT2D eigenvalue weighted by molar-refractivity contribution is 7.98. The summed E-state index contributed by atoms with van der Waals surface area (Å²) >= 11 is 1.56. The van der Waals surface area contributed by atoms with Crippen molar-refractivity contribution in [2.45, 2.75) is 50.5 Å². The number of hydrogen-bond donors (Lipinski definition) is 1. The van der Waals surface area contributed by atoms with Crippen molar-refractivity contribution in [3.8, 4) is 11.5 Å². The van der Waals surface area contributed by atoms with Crippen LogP contribution in [0.15, 0.2) is 51.9 Å². The molecule has 4 rings (SSSR count). The zero-order valence-corrected chi connectivity index (χ0v) is 18.8. The maximum absolute atomic E-state index is 13.0. The number of nitrogens with zero attached hydrogens (tertiary/aromatic N) is 1. The van der Waals surface area contributed by atoms with Crippen LogP contribution >= 0.6 is 11.8 Å². The van der Waals surface area contributed by atoms with Crippen molar-refractivity contribution in [1.29, 1.82) is 0 Å². The SMILES string of the molecule is CCOc1cc2c(cc1CNC(=O)c1ccccc1SCc1cc(C)on1)OC(C)C2. The number of ether oxygens (including phenoxy) is 2. The van der Waals surface area contributed by atoms with Crippen molar-refractivity contribution in [1.82, 2.24) is 10.5 Å². The van der Waals surface area contributed by atoms with Crippen molar-refractivity contribution in [3.63, 3.8) is 0 Å². The minimum absolute atomic E-state index is 0.128. The molecule has 6 nitrogen and oxygen atoms in total.